The first-order valence-electron chi connectivity index (χ1n) is 6.97. The summed E-state index contributed by atoms with van der Waals surface area (Å²) >= 11 is 0. The van der Waals surface area contributed by atoms with Crippen molar-refractivity contribution in [2.24, 2.45) is 0 Å². The Balaban J connectivity index is 2.51. The Labute approximate surface area is 120 Å². The van der Waals surface area contributed by atoms with Gasteiger partial charge in [-0.1, -0.05) is 0 Å². The lowest BCUT2D eigenvalue weighted by Gasteiger charge is -2.13. The lowest BCUT2D eigenvalue weighted by atomic mass is 10.2. The van der Waals surface area contributed by atoms with E-state index in [0.29, 0.717) is 18.7 Å². The van der Waals surface area contributed by atoms with Crippen LogP contribution in [0.5, 0.6) is 5.75 Å². The maximum absolute atomic E-state index is 11.5. The summed E-state index contributed by atoms with van der Waals surface area (Å²) in [6, 6.07) is 5.67. The van der Waals surface area contributed by atoms with Crippen LogP contribution in [0, 0.1) is 0 Å². The lowest BCUT2D eigenvalue weighted by molar-refractivity contribution is -0.121. The van der Waals surface area contributed by atoms with Gasteiger partial charge in [0.1, 0.15) is 5.75 Å². The molecule has 0 aliphatic heterocycles. The Hall–Kier alpha value is -1.91. The van der Waals surface area contributed by atoms with Crippen molar-refractivity contribution >= 4 is 17.3 Å². The van der Waals surface area contributed by atoms with Crippen molar-refractivity contribution in [3.63, 3.8) is 0 Å². The smallest absolute Gasteiger partial charge is 0.221 e. The summed E-state index contributed by atoms with van der Waals surface area (Å²) in [5.74, 6) is 0.768. The first-order valence-corrected chi connectivity index (χ1v) is 6.97. The molecule has 0 aliphatic rings. The highest BCUT2D eigenvalue weighted by atomic mass is 16.5. The zero-order chi connectivity index (χ0) is 15.1. The van der Waals surface area contributed by atoms with Crippen LogP contribution in [0.25, 0.3) is 0 Å². The number of nitrogen functional groups attached to an aromatic ring is 1. The Kier molecular flexibility index (Phi) is 6.15. The van der Waals surface area contributed by atoms with E-state index in [1.54, 1.807) is 6.07 Å². The van der Waals surface area contributed by atoms with Crippen LogP contribution in [0.1, 0.15) is 34.1 Å². The number of carbonyl (C=O) groups excluding carboxylic acids is 1. The minimum absolute atomic E-state index is 0.0371. The number of hydrogen-bond acceptors (Lipinski definition) is 4. The molecule has 0 atom stereocenters. The maximum atomic E-state index is 11.5. The molecule has 1 aromatic carbocycles. The Morgan fingerprint density at radius 3 is 2.55 bits per heavy atom. The van der Waals surface area contributed by atoms with E-state index in [4.69, 9.17) is 10.5 Å². The fourth-order valence-electron chi connectivity index (χ4n) is 1.78. The Morgan fingerprint density at radius 1 is 1.25 bits per heavy atom. The molecule has 0 saturated heterocycles. The topological polar surface area (TPSA) is 76.4 Å². The fraction of sp³-hybridized carbons (Fsp3) is 0.533. The largest absolute Gasteiger partial charge is 0.491 e. The Morgan fingerprint density at radius 2 is 1.95 bits per heavy atom. The summed E-state index contributed by atoms with van der Waals surface area (Å²) in [7, 11) is 0. The highest BCUT2D eigenvalue weighted by Gasteiger charge is 2.05. The number of nitrogens with two attached hydrogens (primary N) is 1. The normalized spacial score (nSPS) is 10.7. The molecule has 0 fully saturated rings. The molecule has 1 aromatic rings. The van der Waals surface area contributed by atoms with Gasteiger partial charge >= 0.3 is 0 Å². The number of rotatable bonds is 7. The van der Waals surface area contributed by atoms with Crippen molar-refractivity contribution in [2.45, 2.75) is 46.3 Å². The molecule has 1 rings (SSSR count). The molecule has 4 N–H and O–H groups in total. The number of carbonyl (C=O) groups is 1. The van der Waals surface area contributed by atoms with E-state index < -0.39 is 0 Å². The van der Waals surface area contributed by atoms with Gasteiger partial charge in [0, 0.05) is 42.5 Å². The highest BCUT2D eigenvalue weighted by molar-refractivity contribution is 5.76. The second-order valence-electron chi connectivity index (χ2n) is 5.36. The van der Waals surface area contributed by atoms with Gasteiger partial charge in [-0.3, -0.25) is 4.79 Å². The summed E-state index contributed by atoms with van der Waals surface area (Å²) in [4.78, 5) is 11.5. The van der Waals surface area contributed by atoms with Crippen molar-refractivity contribution in [3.8, 4) is 5.75 Å². The number of amides is 1. The molecule has 0 heterocycles. The van der Waals surface area contributed by atoms with E-state index in [2.05, 4.69) is 10.6 Å². The molecule has 1 amide bonds. The van der Waals surface area contributed by atoms with Crippen LogP contribution in [-0.2, 0) is 4.79 Å². The molecule has 0 bridgehead atoms. The molecule has 0 radical (unpaired) electrons. The molecule has 0 aromatic heterocycles. The van der Waals surface area contributed by atoms with Crippen molar-refractivity contribution < 1.29 is 9.53 Å². The van der Waals surface area contributed by atoms with Gasteiger partial charge < -0.3 is 21.1 Å². The van der Waals surface area contributed by atoms with Gasteiger partial charge in [-0.25, -0.2) is 0 Å². The number of hydrogen-bond donors (Lipinski definition) is 3. The predicted molar refractivity (Wildman–Crippen MR) is 83.0 cm³/mol. The van der Waals surface area contributed by atoms with Gasteiger partial charge in [-0.2, -0.15) is 0 Å². The molecule has 0 aliphatic carbocycles. The van der Waals surface area contributed by atoms with E-state index in [0.717, 1.165) is 11.4 Å². The summed E-state index contributed by atoms with van der Waals surface area (Å²) in [6.45, 7) is 8.37. The summed E-state index contributed by atoms with van der Waals surface area (Å²) < 4.78 is 5.62. The first kappa shape index (κ1) is 16.1. The monoisotopic (exact) mass is 279 g/mol. The Bertz CT molecular complexity index is 445. The van der Waals surface area contributed by atoms with E-state index in [1.165, 1.54) is 0 Å². The molecule has 0 unspecified atom stereocenters. The van der Waals surface area contributed by atoms with Crippen LogP contribution in [0.2, 0.25) is 0 Å². The quantitative estimate of drug-likeness (QED) is 0.670. The third-order valence-corrected chi connectivity index (χ3v) is 2.43. The van der Waals surface area contributed by atoms with E-state index in [-0.39, 0.29) is 18.1 Å². The minimum atomic E-state index is 0.0371. The zero-order valence-corrected chi connectivity index (χ0v) is 12.7. The summed E-state index contributed by atoms with van der Waals surface area (Å²) in [5.41, 5.74) is 7.33. The van der Waals surface area contributed by atoms with E-state index >= 15 is 0 Å². The van der Waals surface area contributed by atoms with Gasteiger partial charge in [-0.15, -0.1) is 0 Å². The molecule has 5 heteroatoms. The number of benzene rings is 1. The van der Waals surface area contributed by atoms with Crippen LogP contribution >= 0.6 is 0 Å². The van der Waals surface area contributed by atoms with Gasteiger partial charge in [0.2, 0.25) is 5.91 Å². The lowest BCUT2D eigenvalue weighted by Crippen LogP contribution is -2.31. The second-order valence-corrected chi connectivity index (χ2v) is 5.36. The second kappa shape index (κ2) is 7.62. The van der Waals surface area contributed by atoms with Gasteiger partial charge in [0.15, 0.2) is 0 Å². The van der Waals surface area contributed by atoms with E-state index in [9.17, 15) is 4.79 Å². The molecule has 0 spiro atoms. The van der Waals surface area contributed by atoms with Crippen LogP contribution in [-0.4, -0.2) is 24.6 Å². The summed E-state index contributed by atoms with van der Waals surface area (Å²) in [5, 5.41) is 6.03. The fourth-order valence-corrected chi connectivity index (χ4v) is 1.78. The molecule has 20 heavy (non-hydrogen) atoms. The van der Waals surface area contributed by atoms with Gasteiger partial charge in [0.05, 0.1) is 6.10 Å². The van der Waals surface area contributed by atoms with Crippen molar-refractivity contribution in [1.82, 2.24) is 5.32 Å². The summed E-state index contributed by atoms with van der Waals surface area (Å²) in [6.07, 6.45) is 0.523. The standard InChI is InChI=1S/C15H25N3O2/c1-10(2)18-15(19)5-6-17-13-7-12(16)8-14(9-13)20-11(3)4/h7-11,17H,5-6,16H2,1-4H3,(H,18,19). The third kappa shape index (κ3) is 6.31. The molecule has 5 nitrogen and oxygen atoms in total. The zero-order valence-electron chi connectivity index (χ0n) is 12.7. The van der Waals surface area contributed by atoms with Crippen LogP contribution in [0.3, 0.4) is 0 Å². The van der Waals surface area contributed by atoms with Crippen LogP contribution in [0.15, 0.2) is 18.2 Å². The average molecular weight is 279 g/mol. The maximum Gasteiger partial charge on any atom is 0.221 e. The first-order chi connectivity index (χ1) is 9.36. The molecule has 0 saturated carbocycles. The average Bonchev–Trinajstić information content (AvgIpc) is 2.25. The van der Waals surface area contributed by atoms with Gasteiger partial charge in [-0.05, 0) is 33.8 Å². The minimum Gasteiger partial charge on any atom is -0.491 e. The number of nitrogens with one attached hydrogen (secondary N) is 2. The van der Waals surface area contributed by atoms with Crippen molar-refractivity contribution in [3.05, 3.63) is 18.2 Å². The number of ether oxygens (including phenoxy) is 1. The number of anilines is 2. The molecular weight excluding hydrogens is 254 g/mol. The molecule has 112 valence electrons. The molecular formula is C15H25N3O2. The SMILES string of the molecule is CC(C)NC(=O)CCNc1cc(N)cc(OC(C)C)c1. The van der Waals surface area contributed by atoms with Crippen LogP contribution in [0.4, 0.5) is 11.4 Å². The third-order valence-electron chi connectivity index (χ3n) is 2.43. The van der Waals surface area contributed by atoms with E-state index in [1.807, 2.05) is 39.8 Å². The predicted octanol–water partition coefficient (Wildman–Crippen LogP) is 2.38. The van der Waals surface area contributed by atoms with Crippen LogP contribution < -0.4 is 21.1 Å². The highest BCUT2D eigenvalue weighted by Crippen LogP contribution is 2.23. The van der Waals surface area contributed by atoms with Crippen molar-refractivity contribution in [1.29, 1.82) is 0 Å². The van der Waals surface area contributed by atoms with Gasteiger partial charge in [0.25, 0.3) is 0 Å². The van der Waals surface area contributed by atoms with Crippen molar-refractivity contribution in [2.75, 3.05) is 17.6 Å².